The first kappa shape index (κ1) is 12.3. The molecule has 4 nitrogen and oxygen atoms in total. The molecule has 5 heteroatoms. The maximum atomic E-state index is 13.3. The molecule has 0 aliphatic rings. The second-order valence-corrected chi connectivity index (χ2v) is 4.02. The minimum Gasteiger partial charge on any atom is -0.478 e. The zero-order valence-corrected chi connectivity index (χ0v) is 10.1. The number of aromatic carboxylic acids is 1. The molecule has 18 heavy (non-hydrogen) atoms. The van der Waals surface area contributed by atoms with Crippen LogP contribution < -0.4 is 0 Å². The van der Waals surface area contributed by atoms with Gasteiger partial charge < -0.3 is 5.11 Å². The number of carboxylic acid groups (broad SMARTS) is 1. The van der Waals surface area contributed by atoms with Crippen LogP contribution in [0.5, 0.6) is 0 Å². The lowest BCUT2D eigenvalue weighted by molar-refractivity contribution is 0.0692. The van der Waals surface area contributed by atoms with Crippen molar-refractivity contribution in [3.63, 3.8) is 0 Å². The van der Waals surface area contributed by atoms with Crippen LogP contribution in [0.3, 0.4) is 0 Å². The number of halogens is 1. The molecule has 0 radical (unpaired) electrons. The summed E-state index contributed by atoms with van der Waals surface area (Å²) in [5, 5.41) is 13.2. The Balaban J connectivity index is 2.57. The number of nitrogens with zero attached hydrogens (tertiary/aromatic N) is 2. The first-order valence-corrected chi connectivity index (χ1v) is 5.58. The molecule has 2 rings (SSSR count). The van der Waals surface area contributed by atoms with Crippen LogP contribution in [0.15, 0.2) is 24.4 Å². The predicted octanol–water partition coefficient (Wildman–Crippen LogP) is 2.49. The average molecular weight is 248 g/mol. The van der Waals surface area contributed by atoms with Gasteiger partial charge in [0.1, 0.15) is 5.82 Å². The van der Waals surface area contributed by atoms with Gasteiger partial charge in [0.2, 0.25) is 0 Å². The van der Waals surface area contributed by atoms with Gasteiger partial charge in [0.15, 0.2) is 0 Å². The Bertz CT molecular complexity index is 605. The minimum absolute atomic E-state index is 0.321. The third-order valence-electron chi connectivity index (χ3n) is 2.75. The fraction of sp³-hybridized carbons (Fsp3) is 0.231. The SMILES string of the molecule is CCc1nn(C)cc1-c1ccc(F)c(C(=O)O)c1. The highest BCUT2D eigenvalue weighted by molar-refractivity contribution is 5.89. The monoisotopic (exact) mass is 248 g/mol. The molecule has 0 unspecified atom stereocenters. The Kier molecular flexibility index (Phi) is 3.14. The van der Waals surface area contributed by atoms with Crippen molar-refractivity contribution in [3.05, 3.63) is 41.5 Å². The Morgan fingerprint density at radius 1 is 1.50 bits per heavy atom. The van der Waals surface area contributed by atoms with Crippen molar-refractivity contribution in [1.82, 2.24) is 9.78 Å². The predicted molar refractivity (Wildman–Crippen MR) is 64.9 cm³/mol. The van der Waals surface area contributed by atoms with Crippen LogP contribution in [0.1, 0.15) is 23.0 Å². The van der Waals surface area contributed by atoms with Gasteiger partial charge in [-0.3, -0.25) is 4.68 Å². The van der Waals surface area contributed by atoms with E-state index in [4.69, 9.17) is 5.11 Å². The van der Waals surface area contributed by atoms with E-state index in [2.05, 4.69) is 5.10 Å². The normalized spacial score (nSPS) is 10.6. The molecule has 1 heterocycles. The van der Waals surface area contributed by atoms with Crippen molar-refractivity contribution in [3.8, 4) is 11.1 Å². The molecular weight excluding hydrogens is 235 g/mol. The van der Waals surface area contributed by atoms with Crippen molar-refractivity contribution in [1.29, 1.82) is 0 Å². The number of aromatic nitrogens is 2. The fourth-order valence-electron chi connectivity index (χ4n) is 1.89. The number of hydrogen-bond acceptors (Lipinski definition) is 2. The number of hydrogen-bond donors (Lipinski definition) is 1. The van der Waals surface area contributed by atoms with Crippen molar-refractivity contribution < 1.29 is 14.3 Å². The number of rotatable bonds is 3. The molecule has 0 aliphatic carbocycles. The third-order valence-corrected chi connectivity index (χ3v) is 2.75. The minimum atomic E-state index is -1.27. The van der Waals surface area contributed by atoms with Gasteiger partial charge in [0, 0.05) is 18.8 Å². The molecule has 0 bridgehead atoms. The summed E-state index contributed by atoms with van der Waals surface area (Å²) in [6, 6.07) is 4.08. The van der Waals surface area contributed by atoms with Crippen LogP contribution in [-0.4, -0.2) is 20.9 Å². The smallest absolute Gasteiger partial charge is 0.338 e. The second-order valence-electron chi connectivity index (χ2n) is 4.02. The Morgan fingerprint density at radius 2 is 2.22 bits per heavy atom. The van der Waals surface area contributed by atoms with Gasteiger partial charge in [-0.15, -0.1) is 0 Å². The van der Waals surface area contributed by atoms with Crippen LogP contribution in [0.25, 0.3) is 11.1 Å². The Morgan fingerprint density at radius 3 is 2.83 bits per heavy atom. The molecule has 2 aromatic rings. The summed E-state index contributed by atoms with van der Waals surface area (Å²) in [5.74, 6) is -2.00. The van der Waals surface area contributed by atoms with E-state index in [1.165, 1.54) is 12.1 Å². The molecule has 1 aromatic carbocycles. The lowest BCUT2D eigenvalue weighted by Gasteiger charge is -2.03. The van der Waals surface area contributed by atoms with Gasteiger partial charge in [0.05, 0.1) is 11.3 Å². The van der Waals surface area contributed by atoms with Crippen LogP contribution in [0.4, 0.5) is 4.39 Å². The maximum Gasteiger partial charge on any atom is 0.338 e. The molecule has 0 aliphatic heterocycles. The number of aryl methyl sites for hydroxylation is 2. The van der Waals surface area contributed by atoms with Gasteiger partial charge in [-0.2, -0.15) is 5.10 Å². The van der Waals surface area contributed by atoms with Gasteiger partial charge in [-0.1, -0.05) is 13.0 Å². The van der Waals surface area contributed by atoms with Gasteiger partial charge in [-0.25, -0.2) is 9.18 Å². The summed E-state index contributed by atoms with van der Waals surface area (Å²) in [5.41, 5.74) is 2.04. The summed E-state index contributed by atoms with van der Waals surface area (Å²) in [6.45, 7) is 1.97. The molecule has 0 saturated heterocycles. The lowest BCUT2D eigenvalue weighted by Crippen LogP contribution is -2.00. The second kappa shape index (κ2) is 4.60. The van der Waals surface area contributed by atoms with E-state index in [0.717, 1.165) is 17.7 Å². The highest BCUT2D eigenvalue weighted by Gasteiger charge is 2.14. The van der Waals surface area contributed by atoms with Gasteiger partial charge in [0.25, 0.3) is 0 Å². The molecule has 94 valence electrons. The van der Waals surface area contributed by atoms with Crippen LogP contribution in [0, 0.1) is 5.82 Å². The fourth-order valence-corrected chi connectivity index (χ4v) is 1.89. The van der Waals surface area contributed by atoms with E-state index >= 15 is 0 Å². The van der Waals surface area contributed by atoms with Crippen molar-refractivity contribution in [2.24, 2.45) is 7.05 Å². The van der Waals surface area contributed by atoms with E-state index in [1.54, 1.807) is 24.0 Å². The number of carboxylic acids is 1. The average Bonchev–Trinajstić information content (AvgIpc) is 2.70. The topological polar surface area (TPSA) is 55.1 Å². The van der Waals surface area contributed by atoms with Gasteiger partial charge in [-0.05, 0) is 24.1 Å². The summed E-state index contributed by atoms with van der Waals surface area (Å²) >= 11 is 0. The third kappa shape index (κ3) is 2.11. The van der Waals surface area contributed by atoms with Crippen molar-refractivity contribution >= 4 is 5.97 Å². The van der Waals surface area contributed by atoms with E-state index < -0.39 is 11.8 Å². The zero-order valence-electron chi connectivity index (χ0n) is 10.1. The highest BCUT2D eigenvalue weighted by Crippen LogP contribution is 2.25. The molecule has 0 spiro atoms. The molecule has 1 N–H and O–H groups in total. The first-order valence-electron chi connectivity index (χ1n) is 5.58. The molecule has 0 atom stereocenters. The van der Waals surface area contributed by atoms with Crippen molar-refractivity contribution in [2.45, 2.75) is 13.3 Å². The molecular formula is C13H13FN2O2. The number of carbonyl (C=O) groups is 1. The highest BCUT2D eigenvalue weighted by atomic mass is 19.1. The summed E-state index contributed by atoms with van der Waals surface area (Å²) in [4.78, 5) is 10.9. The van der Waals surface area contributed by atoms with Crippen LogP contribution >= 0.6 is 0 Å². The largest absolute Gasteiger partial charge is 0.478 e. The lowest BCUT2D eigenvalue weighted by atomic mass is 10.0. The van der Waals surface area contributed by atoms with E-state index in [9.17, 15) is 9.18 Å². The molecule has 0 amide bonds. The van der Waals surface area contributed by atoms with E-state index in [0.29, 0.717) is 5.56 Å². The Hall–Kier alpha value is -2.17. The van der Waals surface area contributed by atoms with E-state index in [-0.39, 0.29) is 5.56 Å². The summed E-state index contributed by atoms with van der Waals surface area (Å²) < 4.78 is 15.0. The van der Waals surface area contributed by atoms with Gasteiger partial charge >= 0.3 is 5.97 Å². The summed E-state index contributed by atoms with van der Waals surface area (Å²) in [7, 11) is 1.80. The maximum absolute atomic E-state index is 13.3. The molecule has 1 aromatic heterocycles. The number of benzene rings is 1. The van der Waals surface area contributed by atoms with Crippen LogP contribution in [-0.2, 0) is 13.5 Å². The van der Waals surface area contributed by atoms with Crippen molar-refractivity contribution in [2.75, 3.05) is 0 Å². The summed E-state index contributed by atoms with van der Waals surface area (Å²) in [6.07, 6.45) is 2.54. The van der Waals surface area contributed by atoms with E-state index in [1.807, 2.05) is 6.92 Å². The Labute approximate surface area is 104 Å². The zero-order chi connectivity index (χ0) is 13.3. The molecule has 0 saturated carbocycles. The van der Waals surface area contributed by atoms with Crippen LogP contribution in [0.2, 0.25) is 0 Å². The standard InChI is InChI=1S/C13H13FN2O2/c1-3-12-10(7-16(2)15-12)8-4-5-11(14)9(6-8)13(17)18/h4-7H,3H2,1-2H3,(H,17,18). The molecule has 0 fully saturated rings. The quantitative estimate of drug-likeness (QED) is 0.907. The first-order chi connectivity index (χ1) is 8.52.